The first-order valence-corrected chi connectivity index (χ1v) is 6.31. The minimum Gasteiger partial charge on any atom is -0.383 e. The van der Waals surface area contributed by atoms with Gasteiger partial charge in [-0.05, 0) is 6.92 Å². The summed E-state index contributed by atoms with van der Waals surface area (Å²) in [6, 6.07) is 0. The number of nitrogens with zero attached hydrogens (tertiary/aromatic N) is 1. The van der Waals surface area contributed by atoms with Gasteiger partial charge < -0.3 is 25.0 Å². The van der Waals surface area contributed by atoms with Gasteiger partial charge in [-0.25, -0.2) is 0 Å². The van der Waals surface area contributed by atoms with Crippen molar-refractivity contribution >= 4 is 11.8 Å². The van der Waals surface area contributed by atoms with Gasteiger partial charge in [-0.2, -0.15) is 0 Å². The Labute approximate surface area is 113 Å². The Morgan fingerprint density at radius 1 is 1.42 bits per heavy atom. The van der Waals surface area contributed by atoms with Crippen LogP contribution in [-0.2, 0) is 19.1 Å². The van der Waals surface area contributed by atoms with E-state index in [1.165, 1.54) is 4.90 Å². The molecule has 19 heavy (non-hydrogen) atoms. The van der Waals surface area contributed by atoms with Crippen LogP contribution in [0.5, 0.6) is 0 Å². The Morgan fingerprint density at radius 3 is 2.63 bits per heavy atom. The van der Waals surface area contributed by atoms with Crippen LogP contribution in [0.1, 0.15) is 6.92 Å². The van der Waals surface area contributed by atoms with E-state index in [0.29, 0.717) is 13.2 Å². The fraction of sp³-hybridized carbons (Fsp3) is 0.833. The highest BCUT2D eigenvalue weighted by molar-refractivity contribution is 5.85. The molecule has 1 aliphatic heterocycles. The third-order valence-corrected chi connectivity index (χ3v) is 2.98. The van der Waals surface area contributed by atoms with Gasteiger partial charge in [-0.1, -0.05) is 0 Å². The van der Waals surface area contributed by atoms with E-state index < -0.39 is 0 Å². The van der Waals surface area contributed by atoms with E-state index in [4.69, 9.17) is 9.47 Å². The van der Waals surface area contributed by atoms with Crippen LogP contribution in [0.4, 0.5) is 0 Å². The molecule has 1 fully saturated rings. The molecule has 0 spiro atoms. The molecule has 0 aliphatic carbocycles. The number of ether oxygens (including phenoxy) is 2. The van der Waals surface area contributed by atoms with Crippen LogP contribution in [0.2, 0.25) is 0 Å². The molecule has 1 saturated heterocycles. The summed E-state index contributed by atoms with van der Waals surface area (Å²) in [6.45, 7) is 4.38. The van der Waals surface area contributed by atoms with Crippen LogP contribution >= 0.6 is 0 Å². The molecule has 0 aromatic heterocycles. The molecule has 110 valence electrons. The Bertz CT molecular complexity index is 318. The molecule has 2 amide bonds. The number of rotatable bonds is 8. The fourth-order valence-electron chi connectivity index (χ4n) is 1.58. The summed E-state index contributed by atoms with van der Waals surface area (Å²) in [6.07, 6.45) is 0. The first-order valence-electron chi connectivity index (χ1n) is 6.31. The van der Waals surface area contributed by atoms with Crippen molar-refractivity contribution < 1.29 is 19.1 Å². The normalized spacial score (nSPS) is 16.6. The minimum atomic E-state index is -0.253. The van der Waals surface area contributed by atoms with Crippen molar-refractivity contribution in [3.05, 3.63) is 0 Å². The molecule has 0 radical (unpaired) electrons. The van der Waals surface area contributed by atoms with E-state index in [0.717, 1.165) is 13.1 Å². The third kappa shape index (κ3) is 5.54. The molecular formula is C12H23N3O4. The Morgan fingerprint density at radius 2 is 2.11 bits per heavy atom. The van der Waals surface area contributed by atoms with Crippen molar-refractivity contribution in [1.82, 2.24) is 15.5 Å². The number of carbonyl (C=O) groups excluding carboxylic acids is 2. The Kier molecular flexibility index (Phi) is 6.20. The van der Waals surface area contributed by atoms with Crippen LogP contribution in [0.25, 0.3) is 0 Å². The zero-order chi connectivity index (χ0) is 14.3. The molecule has 0 atom stereocenters. The molecule has 1 heterocycles. The van der Waals surface area contributed by atoms with E-state index in [1.54, 1.807) is 14.2 Å². The molecule has 0 bridgehead atoms. The average molecular weight is 273 g/mol. The molecule has 0 aromatic rings. The van der Waals surface area contributed by atoms with Crippen molar-refractivity contribution in [3.63, 3.8) is 0 Å². The van der Waals surface area contributed by atoms with Gasteiger partial charge in [0.25, 0.3) is 0 Å². The van der Waals surface area contributed by atoms with Crippen LogP contribution < -0.4 is 10.6 Å². The quantitative estimate of drug-likeness (QED) is 0.531. The predicted molar refractivity (Wildman–Crippen MR) is 69.7 cm³/mol. The van der Waals surface area contributed by atoms with Crippen molar-refractivity contribution in [2.45, 2.75) is 12.5 Å². The van der Waals surface area contributed by atoms with Crippen LogP contribution in [0.3, 0.4) is 0 Å². The lowest BCUT2D eigenvalue weighted by atomic mass is 10.0. The number of hydrogen-bond acceptors (Lipinski definition) is 5. The van der Waals surface area contributed by atoms with Crippen molar-refractivity contribution in [2.75, 3.05) is 53.6 Å². The van der Waals surface area contributed by atoms with E-state index in [1.807, 2.05) is 6.92 Å². The standard InChI is InChI=1S/C12H23N3O4/c1-12(8-13-9-12)19-7-11(17)15(2)6-10(16)14-4-5-18-3/h13H,4-9H2,1-3H3,(H,14,16). The second-order valence-corrected chi connectivity index (χ2v) is 4.93. The number of nitrogens with one attached hydrogen (secondary N) is 2. The second kappa shape index (κ2) is 7.42. The van der Waals surface area contributed by atoms with Crippen molar-refractivity contribution in [1.29, 1.82) is 0 Å². The molecule has 0 aromatic carbocycles. The molecule has 1 aliphatic rings. The van der Waals surface area contributed by atoms with E-state index in [2.05, 4.69) is 10.6 Å². The summed E-state index contributed by atoms with van der Waals surface area (Å²) in [7, 11) is 3.15. The summed E-state index contributed by atoms with van der Waals surface area (Å²) in [5.74, 6) is -0.403. The summed E-state index contributed by atoms with van der Waals surface area (Å²) < 4.78 is 10.3. The molecule has 0 unspecified atom stereocenters. The zero-order valence-corrected chi connectivity index (χ0v) is 11.8. The maximum Gasteiger partial charge on any atom is 0.248 e. The van der Waals surface area contributed by atoms with E-state index >= 15 is 0 Å². The number of hydrogen-bond donors (Lipinski definition) is 2. The monoisotopic (exact) mass is 273 g/mol. The molecule has 1 rings (SSSR count). The van der Waals surface area contributed by atoms with Crippen molar-refractivity contribution in [3.8, 4) is 0 Å². The topological polar surface area (TPSA) is 79.9 Å². The lowest BCUT2D eigenvalue weighted by Crippen LogP contribution is -2.59. The third-order valence-electron chi connectivity index (χ3n) is 2.98. The first-order chi connectivity index (χ1) is 8.97. The SMILES string of the molecule is COCCNC(=O)CN(C)C(=O)COC1(C)CNC1. The summed E-state index contributed by atoms with van der Waals surface area (Å²) in [4.78, 5) is 24.6. The fourth-order valence-corrected chi connectivity index (χ4v) is 1.58. The maximum absolute atomic E-state index is 11.8. The Balaban J connectivity index is 2.18. The zero-order valence-electron chi connectivity index (χ0n) is 11.8. The maximum atomic E-state index is 11.8. The van der Waals surface area contributed by atoms with Gasteiger partial charge in [-0.15, -0.1) is 0 Å². The molecule has 0 saturated carbocycles. The number of methoxy groups -OCH3 is 1. The van der Waals surface area contributed by atoms with Gasteiger partial charge in [0.1, 0.15) is 6.61 Å². The highest BCUT2D eigenvalue weighted by Gasteiger charge is 2.33. The van der Waals surface area contributed by atoms with Gasteiger partial charge >= 0.3 is 0 Å². The van der Waals surface area contributed by atoms with Crippen LogP contribution in [0, 0.1) is 0 Å². The highest BCUT2D eigenvalue weighted by atomic mass is 16.5. The Hall–Kier alpha value is -1.18. The summed E-state index contributed by atoms with van der Waals surface area (Å²) >= 11 is 0. The van der Waals surface area contributed by atoms with E-state index in [9.17, 15) is 9.59 Å². The van der Waals surface area contributed by atoms with Gasteiger partial charge in [-0.3, -0.25) is 9.59 Å². The average Bonchev–Trinajstić information content (AvgIpc) is 2.33. The van der Waals surface area contributed by atoms with Crippen LogP contribution in [-0.4, -0.2) is 75.9 Å². The molecular weight excluding hydrogens is 250 g/mol. The number of carbonyl (C=O) groups is 2. The highest BCUT2D eigenvalue weighted by Crippen LogP contribution is 2.14. The van der Waals surface area contributed by atoms with Gasteiger partial charge in [0.15, 0.2) is 0 Å². The van der Waals surface area contributed by atoms with E-state index in [-0.39, 0.29) is 30.6 Å². The summed E-state index contributed by atoms with van der Waals surface area (Å²) in [5.41, 5.74) is -0.253. The van der Waals surface area contributed by atoms with Crippen LogP contribution in [0.15, 0.2) is 0 Å². The smallest absolute Gasteiger partial charge is 0.248 e. The minimum absolute atomic E-state index is 0.0000309. The lowest BCUT2D eigenvalue weighted by Gasteiger charge is -2.39. The van der Waals surface area contributed by atoms with Gasteiger partial charge in [0.05, 0.1) is 18.8 Å². The lowest BCUT2D eigenvalue weighted by molar-refractivity contribution is -0.146. The summed E-state index contributed by atoms with van der Waals surface area (Å²) in [5, 5.41) is 5.75. The largest absolute Gasteiger partial charge is 0.383 e. The molecule has 7 nitrogen and oxygen atoms in total. The number of likely N-dealkylation sites (N-methyl/N-ethyl adjacent to an activating group) is 1. The molecule has 7 heteroatoms. The molecule has 2 N–H and O–H groups in total. The van der Waals surface area contributed by atoms with Gasteiger partial charge in [0, 0.05) is 33.8 Å². The van der Waals surface area contributed by atoms with Gasteiger partial charge in [0.2, 0.25) is 11.8 Å². The number of amides is 2. The predicted octanol–water partition coefficient (Wildman–Crippen LogP) is -1.41. The second-order valence-electron chi connectivity index (χ2n) is 4.93. The van der Waals surface area contributed by atoms with Crippen molar-refractivity contribution in [2.24, 2.45) is 0 Å². The first kappa shape index (κ1) is 15.9.